The van der Waals surface area contributed by atoms with Gasteiger partial charge in [-0.1, -0.05) is 11.6 Å². The predicted molar refractivity (Wildman–Crippen MR) is 59.1 cm³/mol. The molecule has 1 aromatic heterocycles. The molecule has 7 heteroatoms. The molecule has 0 amide bonds. The van der Waals surface area contributed by atoms with Crippen LogP contribution in [0.1, 0.15) is 0 Å². The minimum atomic E-state index is -0.357. The largest absolute Gasteiger partial charge is 0.436 e. The van der Waals surface area contributed by atoms with Gasteiger partial charge in [-0.25, -0.2) is 4.39 Å². The Morgan fingerprint density at radius 2 is 2.20 bits per heavy atom. The molecule has 1 aromatic carbocycles. The molecule has 0 aliphatic rings. The van der Waals surface area contributed by atoms with Gasteiger partial charge in [0, 0.05) is 0 Å². The Bertz CT molecular complexity index is 493. The molecule has 2 rings (SSSR count). The fraction of sp³-hybridized carbons (Fsp3) is 0. The molecule has 2 aromatic rings. The van der Waals surface area contributed by atoms with Gasteiger partial charge < -0.3 is 4.74 Å². The minimum absolute atomic E-state index is 0.195. The fourth-order valence-corrected chi connectivity index (χ4v) is 1.85. The van der Waals surface area contributed by atoms with Crippen LogP contribution in [0.15, 0.2) is 22.7 Å². The van der Waals surface area contributed by atoms with Crippen molar-refractivity contribution < 1.29 is 9.13 Å². The van der Waals surface area contributed by atoms with Crippen molar-refractivity contribution in [2.24, 2.45) is 0 Å². The van der Waals surface area contributed by atoms with Gasteiger partial charge in [0.2, 0.25) is 5.15 Å². The van der Waals surface area contributed by atoms with Crippen LogP contribution >= 0.6 is 39.3 Å². The molecule has 0 atom stereocenters. The molecule has 78 valence electrons. The topological polar surface area (TPSA) is 35.0 Å². The van der Waals surface area contributed by atoms with E-state index in [9.17, 15) is 4.39 Å². The van der Waals surface area contributed by atoms with Crippen LogP contribution in [0, 0.1) is 5.82 Å². The van der Waals surface area contributed by atoms with E-state index in [1.54, 1.807) is 0 Å². The predicted octanol–water partition coefficient (Wildman–Crippen LogP) is 3.89. The number of benzene rings is 1. The van der Waals surface area contributed by atoms with Crippen molar-refractivity contribution in [3.63, 3.8) is 0 Å². The molecule has 15 heavy (non-hydrogen) atoms. The third-order valence-electron chi connectivity index (χ3n) is 1.53. The standard InChI is InChI=1S/C8H3BrClFN2OS/c9-5-3-4(1-2-6(5)11)14-8-7(10)12-15-13-8/h1-3H. The Kier molecular flexibility index (Phi) is 3.18. The lowest BCUT2D eigenvalue weighted by molar-refractivity contribution is 0.465. The molecule has 0 bridgehead atoms. The Labute approximate surface area is 102 Å². The maximum Gasteiger partial charge on any atom is 0.270 e. The quantitative estimate of drug-likeness (QED) is 0.844. The van der Waals surface area contributed by atoms with Crippen LogP contribution in [0.2, 0.25) is 5.15 Å². The summed E-state index contributed by atoms with van der Waals surface area (Å²) in [6.45, 7) is 0. The van der Waals surface area contributed by atoms with Crippen LogP contribution in [0.25, 0.3) is 0 Å². The second-order valence-electron chi connectivity index (χ2n) is 2.54. The highest BCUT2D eigenvalue weighted by Gasteiger charge is 2.08. The molecule has 0 spiro atoms. The van der Waals surface area contributed by atoms with Gasteiger partial charge in [-0.3, -0.25) is 0 Å². The molecule has 0 fully saturated rings. The van der Waals surface area contributed by atoms with Crippen molar-refractivity contribution in [2.45, 2.75) is 0 Å². The Morgan fingerprint density at radius 3 is 2.80 bits per heavy atom. The van der Waals surface area contributed by atoms with Crippen LogP contribution < -0.4 is 4.74 Å². The van der Waals surface area contributed by atoms with Crippen molar-refractivity contribution in [3.05, 3.63) is 33.6 Å². The number of hydrogen-bond donors (Lipinski definition) is 0. The molecule has 0 saturated heterocycles. The highest BCUT2D eigenvalue weighted by atomic mass is 79.9. The maximum atomic E-state index is 12.9. The van der Waals surface area contributed by atoms with Crippen molar-refractivity contribution >= 4 is 39.3 Å². The van der Waals surface area contributed by atoms with Gasteiger partial charge in [-0.2, -0.15) is 4.37 Å². The first-order valence-corrected chi connectivity index (χ1v) is 5.68. The van der Waals surface area contributed by atoms with E-state index in [2.05, 4.69) is 24.7 Å². The number of ether oxygens (including phenoxy) is 1. The van der Waals surface area contributed by atoms with Gasteiger partial charge in [-0.05, 0) is 34.1 Å². The molecule has 0 aliphatic heterocycles. The zero-order chi connectivity index (χ0) is 10.8. The zero-order valence-corrected chi connectivity index (χ0v) is 10.2. The van der Waals surface area contributed by atoms with Gasteiger partial charge >= 0.3 is 0 Å². The van der Waals surface area contributed by atoms with Gasteiger partial charge in [0.05, 0.1) is 16.2 Å². The van der Waals surface area contributed by atoms with Crippen molar-refractivity contribution in [3.8, 4) is 11.6 Å². The molecule has 0 unspecified atom stereocenters. The van der Waals surface area contributed by atoms with Crippen LogP contribution in [0.4, 0.5) is 4.39 Å². The van der Waals surface area contributed by atoms with Gasteiger partial charge in [0.1, 0.15) is 11.6 Å². The summed E-state index contributed by atoms with van der Waals surface area (Å²) in [5.41, 5.74) is 0. The van der Waals surface area contributed by atoms with E-state index >= 15 is 0 Å². The molecule has 0 N–H and O–H groups in total. The third kappa shape index (κ3) is 2.45. The molecule has 0 radical (unpaired) electrons. The molecule has 0 saturated carbocycles. The maximum absolute atomic E-state index is 12.9. The van der Waals surface area contributed by atoms with E-state index in [1.807, 2.05) is 0 Å². The molecule has 1 heterocycles. The van der Waals surface area contributed by atoms with E-state index in [0.29, 0.717) is 10.2 Å². The third-order valence-corrected chi connectivity index (χ3v) is 2.99. The number of hydrogen-bond acceptors (Lipinski definition) is 4. The highest BCUT2D eigenvalue weighted by molar-refractivity contribution is 9.10. The van der Waals surface area contributed by atoms with E-state index in [1.165, 1.54) is 18.2 Å². The summed E-state index contributed by atoms with van der Waals surface area (Å²) in [6.07, 6.45) is 0. The van der Waals surface area contributed by atoms with Crippen LogP contribution in [-0.4, -0.2) is 8.75 Å². The Morgan fingerprint density at radius 1 is 1.40 bits per heavy atom. The second-order valence-corrected chi connectivity index (χ2v) is 4.28. The summed E-state index contributed by atoms with van der Waals surface area (Å²) >= 11 is 9.68. The summed E-state index contributed by atoms with van der Waals surface area (Å²) < 4.78 is 26.1. The smallest absolute Gasteiger partial charge is 0.270 e. The Balaban J connectivity index is 2.25. The Hall–Kier alpha value is -0.720. The number of halogens is 3. The van der Waals surface area contributed by atoms with Crippen molar-refractivity contribution in [1.82, 2.24) is 8.75 Å². The molecular formula is C8H3BrClFN2OS. The van der Waals surface area contributed by atoms with Crippen LogP contribution in [-0.2, 0) is 0 Å². The van der Waals surface area contributed by atoms with Crippen LogP contribution in [0.3, 0.4) is 0 Å². The number of nitrogens with zero attached hydrogens (tertiary/aromatic N) is 2. The first kappa shape index (κ1) is 10.8. The normalized spacial score (nSPS) is 10.3. The first-order valence-electron chi connectivity index (χ1n) is 3.78. The van der Waals surface area contributed by atoms with E-state index in [4.69, 9.17) is 16.3 Å². The molecule has 0 aliphatic carbocycles. The average Bonchev–Trinajstić information content (AvgIpc) is 2.59. The first-order chi connectivity index (χ1) is 7.16. The zero-order valence-electron chi connectivity index (χ0n) is 7.08. The minimum Gasteiger partial charge on any atom is -0.436 e. The van der Waals surface area contributed by atoms with Gasteiger partial charge in [0.15, 0.2) is 0 Å². The van der Waals surface area contributed by atoms with E-state index in [-0.39, 0.29) is 16.9 Å². The molecular weight excluding hydrogens is 307 g/mol. The lowest BCUT2D eigenvalue weighted by Gasteiger charge is -2.02. The van der Waals surface area contributed by atoms with E-state index < -0.39 is 0 Å². The molecule has 3 nitrogen and oxygen atoms in total. The average molecular weight is 310 g/mol. The number of aromatic nitrogens is 2. The van der Waals surface area contributed by atoms with Gasteiger partial charge in [0.25, 0.3) is 5.88 Å². The summed E-state index contributed by atoms with van der Waals surface area (Å²) in [5.74, 6) is 0.308. The fourth-order valence-electron chi connectivity index (χ4n) is 0.883. The highest BCUT2D eigenvalue weighted by Crippen LogP contribution is 2.29. The van der Waals surface area contributed by atoms with Crippen LogP contribution in [0.5, 0.6) is 11.6 Å². The number of rotatable bonds is 2. The van der Waals surface area contributed by atoms with Crippen molar-refractivity contribution in [1.29, 1.82) is 0 Å². The second kappa shape index (κ2) is 4.42. The van der Waals surface area contributed by atoms with E-state index in [0.717, 1.165) is 11.7 Å². The summed E-state index contributed by atoms with van der Waals surface area (Å²) in [6, 6.07) is 4.26. The summed E-state index contributed by atoms with van der Waals surface area (Å²) in [7, 11) is 0. The summed E-state index contributed by atoms with van der Waals surface area (Å²) in [4.78, 5) is 0. The summed E-state index contributed by atoms with van der Waals surface area (Å²) in [5, 5.41) is 0.195. The lowest BCUT2D eigenvalue weighted by Crippen LogP contribution is -1.86. The lowest BCUT2D eigenvalue weighted by atomic mass is 10.3. The van der Waals surface area contributed by atoms with Gasteiger partial charge in [-0.15, -0.1) is 4.37 Å². The SMILES string of the molecule is Fc1ccc(Oc2nsnc2Cl)cc1Br. The monoisotopic (exact) mass is 308 g/mol. The van der Waals surface area contributed by atoms with Crippen molar-refractivity contribution in [2.75, 3.05) is 0 Å².